The minimum Gasteiger partial charge on any atom is -0.484 e. The number of ether oxygens (including phenoxy) is 1. The number of benzene rings is 1. The fourth-order valence-corrected chi connectivity index (χ4v) is 2.68. The van der Waals surface area contributed by atoms with Crippen molar-refractivity contribution in [3.63, 3.8) is 0 Å². The first-order valence-electron chi connectivity index (χ1n) is 7.50. The molecule has 0 radical (unpaired) electrons. The van der Waals surface area contributed by atoms with E-state index in [4.69, 9.17) is 10.5 Å². The average molecular weight is 294 g/mol. The highest BCUT2D eigenvalue weighted by molar-refractivity contribution is 5.77. The van der Waals surface area contributed by atoms with E-state index in [0.29, 0.717) is 12.2 Å². The molecule has 3 N–H and O–H groups in total. The first-order valence-corrected chi connectivity index (χ1v) is 7.50. The van der Waals surface area contributed by atoms with Crippen LogP contribution in [0.2, 0.25) is 0 Å². The Morgan fingerprint density at radius 1 is 1.43 bits per heavy atom. The Morgan fingerprint density at radius 3 is 2.81 bits per heavy atom. The van der Waals surface area contributed by atoms with Crippen LogP contribution in [0.4, 0.5) is 4.39 Å². The third kappa shape index (κ3) is 5.34. The van der Waals surface area contributed by atoms with Crippen LogP contribution in [0.3, 0.4) is 0 Å². The molecule has 2 rings (SSSR count). The van der Waals surface area contributed by atoms with Gasteiger partial charge in [-0.25, -0.2) is 4.39 Å². The van der Waals surface area contributed by atoms with Crippen molar-refractivity contribution in [1.82, 2.24) is 5.32 Å². The van der Waals surface area contributed by atoms with Crippen molar-refractivity contribution < 1.29 is 13.9 Å². The summed E-state index contributed by atoms with van der Waals surface area (Å²) in [4.78, 5) is 11.8. The van der Waals surface area contributed by atoms with E-state index in [1.54, 1.807) is 6.07 Å². The molecule has 0 bridgehead atoms. The molecule has 1 unspecified atom stereocenters. The summed E-state index contributed by atoms with van der Waals surface area (Å²) in [6.45, 7) is 1.78. The molecule has 1 aromatic rings. The van der Waals surface area contributed by atoms with Crippen LogP contribution in [-0.2, 0) is 11.2 Å². The third-order valence-corrected chi connectivity index (χ3v) is 3.58. The highest BCUT2D eigenvalue weighted by atomic mass is 19.1. The zero-order valence-electron chi connectivity index (χ0n) is 12.4. The molecule has 5 heteroatoms. The van der Waals surface area contributed by atoms with Crippen molar-refractivity contribution in [2.75, 3.05) is 6.61 Å². The number of nitrogens with two attached hydrogens (primary N) is 1. The number of hydrogen-bond acceptors (Lipinski definition) is 3. The number of carbonyl (C=O) groups excluding carboxylic acids is 1. The third-order valence-electron chi connectivity index (χ3n) is 3.58. The van der Waals surface area contributed by atoms with Crippen LogP contribution in [0.5, 0.6) is 5.75 Å². The summed E-state index contributed by atoms with van der Waals surface area (Å²) >= 11 is 0. The maximum Gasteiger partial charge on any atom is 0.258 e. The van der Waals surface area contributed by atoms with Crippen LogP contribution in [0.15, 0.2) is 18.2 Å². The Morgan fingerprint density at radius 2 is 2.14 bits per heavy atom. The molecular weight excluding hydrogens is 271 g/mol. The van der Waals surface area contributed by atoms with Gasteiger partial charge >= 0.3 is 0 Å². The topological polar surface area (TPSA) is 64.3 Å². The van der Waals surface area contributed by atoms with E-state index >= 15 is 0 Å². The Kier molecular flexibility index (Phi) is 5.56. The van der Waals surface area contributed by atoms with Crippen LogP contribution in [0.25, 0.3) is 0 Å². The summed E-state index contributed by atoms with van der Waals surface area (Å²) in [6, 6.07) is 4.67. The number of carbonyl (C=O) groups is 1. The lowest BCUT2D eigenvalue weighted by molar-refractivity contribution is -0.123. The highest BCUT2D eigenvalue weighted by Gasteiger charge is 2.17. The zero-order chi connectivity index (χ0) is 15.2. The van der Waals surface area contributed by atoms with Crippen LogP contribution in [-0.4, -0.2) is 24.6 Å². The lowest BCUT2D eigenvalue weighted by atomic mass is 10.1. The standard InChI is InChI=1S/C16H23FN2O2/c1-11(18)6-12-7-13(17)9-15(8-12)21-10-16(20)19-14-4-2-3-5-14/h7-9,11,14H,2-6,10,18H2,1H3,(H,19,20). The highest BCUT2D eigenvalue weighted by Crippen LogP contribution is 2.19. The van der Waals surface area contributed by atoms with E-state index in [1.165, 1.54) is 12.1 Å². The van der Waals surface area contributed by atoms with Gasteiger partial charge in [-0.1, -0.05) is 12.8 Å². The van der Waals surface area contributed by atoms with Gasteiger partial charge in [-0.15, -0.1) is 0 Å². The summed E-state index contributed by atoms with van der Waals surface area (Å²) in [5, 5.41) is 2.93. The molecule has 1 aliphatic rings. The molecule has 1 fully saturated rings. The largest absolute Gasteiger partial charge is 0.484 e. The zero-order valence-corrected chi connectivity index (χ0v) is 12.4. The molecule has 0 heterocycles. The summed E-state index contributed by atoms with van der Waals surface area (Å²) in [5.74, 6) is -0.161. The Labute approximate surface area is 124 Å². The molecule has 1 aliphatic carbocycles. The Balaban J connectivity index is 1.86. The number of hydrogen-bond donors (Lipinski definition) is 2. The predicted octanol–water partition coefficient (Wildman–Crippen LogP) is 2.15. The quantitative estimate of drug-likeness (QED) is 0.845. The summed E-state index contributed by atoms with van der Waals surface area (Å²) in [7, 11) is 0. The van der Waals surface area contributed by atoms with Gasteiger partial charge in [0.25, 0.3) is 5.91 Å². The fraction of sp³-hybridized carbons (Fsp3) is 0.562. The smallest absolute Gasteiger partial charge is 0.258 e. The second-order valence-corrected chi connectivity index (χ2v) is 5.81. The summed E-state index contributed by atoms with van der Waals surface area (Å²) < 4.78 is 18.9. The second-order valence-electron chi connectivity index (χ2n) is 5.81. The first-order chi connectivity index (χ1) is 10.0. The van der Waals surface area contributed by atoms with E-state index < -0.39 is 0 Å². The molecule has 1 amide bonds. The van der Waals surface area contributed by atoms with Crippen LogP contribution in [0, 0.1) is 5.82 Å². The van der Waals surface area contributed by atoms with Gasteiger partial charge in [-0.2, -0.15) is 0 Å². The molecule has 0 spiro atoms. The molecule has 4 nitrogen and oxygen atoms in total. The average Bonchev–Trinajstić information content (AvgIpc) is 2.87. The van der Waals surface area contributed by atoms with Gasteiger partial charge in [0.05, 0.1) is 0 Å². The Bertz CT molecular complexity index is 485. The number of rotatable bonds is 6. The SMILES string of the molecule is CC(N)Cc1cc(F)cc(OCC(=O)NC2CCCC2)c1. The van der Waals surface area contributed by atoms with Crippen molar-refractivity contribution in [1.29, 1.82) is 0 Å². The van der Waals surface area contributed by atoms with Gasteiger partial charge in [0.2, 0.25) is 0 Å². The van der Waals surface area contributed by atoms with E-state index in [2.05, 4.69) is 5.32 Å². The second kappa shape index (κ2) is 7.41. The fourth-order valence-electron chi connectivity index (χ4n) is 2.68. The van der Waals surface area contributed by atoms with Crippen molar-refractivity contribution in [3.05, 3.63) is 29.6 Å². The monoisotopic (exact) mass is 294 g/mol. The van der Waals surface area contributed by atoms with E-state index in [0.717, 1.165) is 31.2 Å². The van der Waals surface area contributed by atoms with Gasteiger partial charge in [0.15, 0.2) is 6.61 Å². The van der Waals surface area contributed by atoms with Gasteiger partial charge in [0, 0.05) is 18.2 Å². The van der Waals surface area contributed by atoms with Crippen LogP contribution in [0.1, 0.15) is 38.2 Å². The molecule has 1 aromatic carbocycles. The molecule has 0 aliphatic heterocycles. The van der Waals surface area contributed by atoms with Crippen LogP contribution >= 0.6 is 0 Å². The van der Waals surface area contributed by atoms with Crippen molar-refractivity contribution >= 4 is 5.91 Å². The molecule has 1 saturated carbocycles. The molecule has 21 heavy (non-hydrogen) atoms. The molecule has 1 atom stereocenters. The van der Waals surface area contributed by atoms with E-state index in [1.807, 2.05) is 6.92 Å². The van der Waals surface area contributed by atoms with Crippen molar-refractivity contribution in [2.45, 2.75) is 51.1 Å². The predicted molar refractivity (Wildman–Crippen MR) is 79.6 cm³/mol. The number of halogens is 1. The molecule has 0 saturated heterocycles. The summed E-state index contributed by atoms with van der Waals surface area (Å²) in [6.07, 6.45) is 4.96. The lowest BCUT2D eigenvalue weighted by Gasteiger charge is -2.13. The molecule has 0 aromatic heterocycles. The minimum atomic E-state index is -0.376. The number of nitrogens with one attached hydrogen (secondary N) is 1. The van der Waals surface area contributed by atoms with E-state index in [-0.39, 0.29) is 30.4 Å². The van der Waals surface area contributed by atoms with Crippen molar-refractivity contribution in [2.24, 2.45) is 5.73 Å². The normalized spacial score (nSPS) is 16.7. The van der Waals surface area contributed by atoms with Gasteiger partial charge in [-0.3, -0.25) is 4.79 Å². The van der Waals surface area contributed by atoms with Crippen molar-refractivity contribution in [3.8, 4) is 5.75 Å². The van der Waals surface area contributed by atoms with Gasteiger partial charge in [-0.05, 0) is 43.9 Å². The number of amides is 1. The first kappa shape index (κ1) is 15.8. The van der Waals surface area contributed by atoms with Crippen LogP contribution < -0.4 is 15.8 Å². The van der Waals surface area contributed by atoms with Gasteiger partial charge < -0.3 is 15.8 Å². The Hall–Kier alpha value is -1.62. The maximum atomic E-state index is 13.5. The molecule has 116 valence electrons. The molecular formula is C16H23FN2O2. The summed E-state index contributed by atoms with van der Waals surface area (Å²) in [5.41, 5.74) is 6.48. The lowest BCUT2D eigenvalue weighted by Crippen LogP contribution is -2.36. The van der Waals surface area contributed by atoms with Gasteiger partial charge in [0.1, 0.15) is 11.6 Å². The maximum absolute atomic E-state index is 13.5. The van der Waals surface area contributed by atoms with E-state index in [9.17, 15) is 9.18 Å². The minimum absolute atomic E-state index is 0.0506.